The van der Waals surface area contributed by atoms with Crippen LogP contribution >= 0.6 is 15.9 Å². The number of aliphatic hydroxyl groups excluding tert-OH is 3. The summed E-state index contributed by atoms with van der Waals surface area (Å²) in [5, 5.41) is 42.7. The van der Waals surface area contributed by atoms with Crippen LogP contribution in [0.1, 0.15) is 41.5 Å². The van der Waals surface area contributed by atoms with E-state index < -0.39 is 78.1 Å². The number of hydrogen-bond donors (Lipinski definition) is 4. The molecule has 0 radical (unpaired) electrons. The number of benzene rings is 3. The third kappa shape index (κ3) is 7.47. The Morgan fingerprint density at radius 3 is 2.12 bits per heavy atom. The number of aromatic hydroxyl groups is 1. The van der Waals surface area contributed by atoms with Crippen LogP contribution in [0, 0.1) is 17.8 Å². The molecule has 7 nitrogen and oxygen atoms in total. The first-order valence-electron chi connectivity index (χ1n) is 15.1. The van der Waals surface area contributed by atoms with Gasteiger partial charge in [-0.15, -0.1) is 0 Å². The number of anilines is 1. The Kier molecular flexibility index (Phi) is 10.4. The second kappa shape index (κ2) is 14.1. The molecular formula is C35H30BrF6NO6. The molecule has 4 N–H and O–H groups in total. The van der Waals surface area contributed by atoms with Crippen molar-refractivity contribution >= 4 is 45.1 Å². The molecule has 14 heteroatoms. The number of aliphatic hydroxyl groups is 3. The summed E-state index contributed by atoms with van der Waals surface area (Å²) in [5.74, 6) is -6.22. The maximum Gasteiger partial charge on any atom is 0.416 e. The molecule has 5 rings (SSSR count). The Morgan fingerprint density at radius 2 is 1.55 bits per heavy atom. The summed E-state index contributed by atoms with van der Waals surface area (Å²) in [6.07, 6.45) is -10.3. The molecule has 2 amide bonds. The first-order valence-corrected chi connectivity index (χ1v) is 15.9. The van der Waals surface area contributed by atoms with Crippen molar-refractivity contribution in [2.75, 3.05) is 18.1 Å². The summed E-state index contributed by atoms with van der Waals surface area (Å²) in [4.78, 5) is 27.6. The van der Waals surface area contributed by atoms with Crippen molar-refractivity contribution in [2.24, 2.45) is 17.8 Å². The van der Waals surface area contributed by atoms with Gasteiger partial charge in [0.15, 0.2) is 0 Å². The minimum absolute atomic E-state index is 0.00165. The number of hydrogen-bond acceptors (Lipinski definition) is 6. The van der Waals surface area contributed by atoms with Gasteiger partial charge >= 0.3 is 12.4 Å². The zero-order valence-electron chi connectivity index (χ0n) is 25.5. The molecule has 1 aliphatic heterocycles. The molecule has 3 aromatic carbocycles. The molecule has 260 valence electrons. The fourth-order valence-electron chi connectivity index (χ4n) is 6.66. The monoisotopic (exact) mass is 753 g/mol. The van der Waals surface area contributed by atoms with Crippen molar-refractivity contribution in [2.45, 2.75) is 37.7 Å². The molecule has 49 heavy (non-hydrogen) atoms. The molecule has 1 fully saturated rings. The Labute approximate surface area is 284 Å². The highest BCUT2D eigenvalue weighted by Crippen LogP contribution is 2.48. The summed E-state index contributed by atoms with van der Waals surface area (Å²) in [5.41, 5.74) is -2.21. The number of phenolic OH excluding ortho intramolecular Hbond substituents is 1. The highest BCUT2D eigenvalue weighted by molar-refractivity contribution is 9.10. The number of phenols is 1. The number of carbonyl (C=O) groups excluding carboxylic acids is 2. The van der Waals surface area contributed by atoms with Crippen LogP contribution in [-0.4, -0.2) is 51.6 Å². The van der Waals surface area contributed by atoms with Gasteiger partial charge in [-0.1, -0.05) is 46.3 Å². The lowest BCUT2D eigenvalue weighted by atomic mass is 9.68. The van der Waals surface area contributed by atoms with Crippen LogP contribution < -0.4 is 4.90 Å². The van der Waals surface area contributed by atoms with E-state index in [9.17, 15) is 56.4 Å². The molecule has 1 aliphatic carbocycles. The number of carbonyl (C=O) groups is 2. The van der Waals surface area contributed by atoms with Gasteiger partial charge in [-0.25, -0.2) is 4.90 Å². The fraction of sp³-hybridized carbons (Fsp3) is 0.314. The van der Waals surface area contributed by atoms with Crippen molar-refractivity contribution in [3.05, 3.63) is 105 Å². The average molecular weight is 755 g/mol. The number of imide groups is 1. The molecule has 0 bridgehead atoms. The lowest BCUT2D eigenvalue weighted by Crippen LogP contribution is -2.39. The number of allylic oxidation sites excluding steroid dienone is 1. The van der Waals surface area contributed by atoms with Crippen LogP contribution in [0.25, 0.3) is 11.6 Å². The van der Waals surface area contributed by atoms with E-state index in [0.717, 1.165) is 5.56 Å². The van der Waals surface area contributed by atoms with E-state index in [1.54, 1.807) is 30.3 Å². The molecule has 0 saturated carbocycles. The predicted octanol–water partition coefficient (Wildman–Crippen LogP) is 6.98. The maximum atomic E-state index is 13.7. The van der Waals surface area contributed by atoms with Crippen LogP contribution in [-0.2, 0) is 21.9 Å². The van der Waals surface area contributed by atoms with Crippen LogP contribution in [0.5, 0.6) is 5.75 Å². The minimum Gasteiger partial charge on any atom is -0.507 e. The molecule has 1 heterocycles. The van der Waals surface area contributed by atoms with Crippen molar-refractivity contribution in [1.29, 1.82) is 0 Å². The topological polar surface area (TPSA) is 118 Å². The van der Waals surface area contributed by atoms with Gasteiger partial charge in [0.1, 0.15) is 5.75 Å². The summed E-state index contributed by atoms with van der Waals surface area (Å²) >= 11 is 3.37. The summed E-state index contributed by atoms with van der Waals surface area (Å²) in [7, 11) is 0. The van der Waals surface area contributed by atoms with E-state index in [0.29, 0.717) is 15.6 Å². The van der Waals surface area contributed by atoms with Gasteiger partial charge in [0.05, 0.1) is 48.0 Å². The number of halogens is 7. The van der Waals surface area contributed by atoms with Gasteiger partial charge in [0, 0.05) is 16.0 Å². The first-order chi connectivity index (χ1) is 23.0. The van der Waals surface area contributed by atoms with E-state index in [2.05, 4.69) is 15.9 Å². The van der Waals surface area contributed by atoms with E-state index in [4.69, 9.17) is 0 Å². The lowest BCUT2D eigenvalue weighted by Gasteiger charge is -2.36. The Hall–Kier alpha value is -3.98. The Bertz CT molecular complexity index is 1770. The summed E-state index contributed by atoms with van der Waals surface area (Å²) in [6, 6.07) is 14.4. The van der Waals surface area contributed by atoms with Gasteiger partial charge in [-0.3, -0.25) is 9.59 Å². The minimum atomic E-state index is -5.23. The van der Waals surface area contributed by atoms with Crippen molar-refractivity contribution in [3.63, 3.8) is 0 Å². The molecule has 2 aliphatic rings. The Balaban J connectivity index is 1.48. The van der Waals surface area contributed by atoms with E-state index >= 15 is 0 Å². The normalized spacial score (nSPS) is 21.0. The van der Waals surface area contributed by atoms with Crippen molar-refractivity contribution < 1.29 is 56.4 Å². The van der Waals surface area contributed by atoms with Crippen LogP contribution in [0.2, 0.25) is 0 Å². The molecule has 3 aromatic rings. The van der Waals surface area contributed by atoms with Crippen LogP contribution in [0.4, 0.5) is 32.0 Å². The lowest BCUT2D eigenvalue weighted by molar-refractivity contribution is -0.143. The highest BCUT2D eigenvalue weighted by Gasteiger charge is 2.55. The van der Waals surface area contributed by atoms with Crippen molar-refractivity contribution in [1.82, 2.24) is 0 Å². The molecular weight excluding hydrogens is 724 g/mol. The molecule has 0 spiro atoms. The predicted molar refractivity (Wildman–Crippen MR) is 171 cm³/mol. The molecule has 4 atom stereocenters. The van der Waals surface area contributed by atoms with Crippen molar-refractivity contribution in [3.8, 4) is 5.75 Å². The standard InChI is InChI=1S/C35H30BrF6NO6/c36-24-7-9-28(46)20(11-24)10-19(18-4-2-1-3-5-18)6-8-29(47)30-21(16-44)12-26-31(27(30)17-45)33(49)43(32(26)48)25-14-22(34(37,38)39)13-23(15-25)35(40,41)42/h1-5,7,9-11,13-15,26-27,29,31,44-47H,6,8,12,16-17H2/b19-10-/t26-,27+,29-,31-/m1/s1. The number of rotatable bonds is 9. The number of alkyl halides is 6. The molecule has 0 unspecified atom stereocenters. The van der Waals surface area contributed by atoms with E-state index in [1.807, 2.05) is 18.2 Å². The van der Waals surface area contributed by atoms with Gasteiger partial charge in [-0.05, 0) is 84.0 Å². The second-order valence-corrected chi connectivity index (χ2v) is 12.8. The van der Waals surface area contributed by atoms with Crippen LogP contribution in [0.15, 0.2) is 82.3 Å². The van der Waals surface area contributed by atoms with E-state index in [1.165, 1.54) is 6.07 Å². The third-order valence-corrected chi connectivity index (χ3v) is 9.41. The largest absolute Gasteiger partial charge is 0.507 e. The number of nitrogens with zero attached hydrogens (tertiary/aromatic N) is 1. The zero-order chi connectivity index (χ0) is 35.8. The maximum absolute atomic E-state index is 13.7. The first kappa shape index (κ1) is 36.3. The average Bonchev–Trinajstić information content (AvgIpc) is 3.31. The Morgan fingerprint density at radius 1 is 0.918 bits per heavy atom. The SMILES string of the molecule is O=C1[C@@H]2[C@@H](CC(CO)=C([C@H](O)CC/C(=C/c3cc(Br)ccc3O)c3ccccc3)[C@@H]2CO)C(=O)N1c1cc(C(F)(F)F)cc(C(F)(F)F)c1. The highest BCUT2D eigenvalue weighted by atomic mass is 79.9. The molecule has 1 saturated heterocycles. The van der Waals surface area contributed by atoms with Gasteiger partial charge < -0.3 is 20.4 Å². The number of amides is 2. The van der Waals surface area contributed by atoms with Gasteiger partial charge in [0.2, 0.25) is 11.8 Å². The number of fused-ring (bicyclic) bond motifs is 1. The zero-order valence-corrected chi connectivity index (χ0v) is 27.1. The van der Waals surface area contributed by atoms with Crippen LogP contribution in [0.3, 0.4) is 0 Å². The smallest absolute Gasteiger partial charge is 0.416 e. The fourth-order valence-corrected chi connectivity index (χ4v) is 7.03. The molecule has 0 aromatic heterocycles. The van der Waals surface area contributed by atoms with E-state index in [-0.39, 0.29) is 59.3 Å². The summed E-state index contributed by atoms with van der Waals surface area (Å²) in [6.45, 7) is -1.50. The van der Waals surface area contributed by atoms with Gasteiger partial charge in [-0.2, -0.15) is 26.3 Å². The third-order valence-electron chi connectivity index (χ3n) is 8.91. The quantitative estimate of drug-likeness (QED) is 0.0811. The second-order valence-electron chi connectivity index (χ2n) is 11.9. The summed E-state index contributed by atoms with van der Waals surface area (Å²) < 4.78 is 82.3. The van der Waals surface area contributed by atoms with Gasteiger partial charge in [0.25, 0.3) is 0 Å².